The zero-order valence-electron chi connectivity index (χ0n) is 11.2. The third-order valence-electron chi connectivity index (χ3n) is 2.99. The highest BCUT2D eigenvalue weighted by atomic mass is 16.2. The van der Waals surface area contributed by atoms with Crippen molar-refractivity contribution in [1.29, 1.82) is 0 Å². The lowest BCUT2D eigenvalue weighted by Gasteiger charge is -2.11. The predicted octanol–water partition coefficient (Wildman–Crippen LogP) is 4.20. The van der Waals surface area contributed by atoms with Crippen LogP contribution in [-0.4, -0.2) is 6.03 Å². The number of urea groups is 1. The van der Waals surface area contributed by atoms with E-state index < -0.39 is 0 Å². The van der Waals surface area contributed by atoms with E-state index in [9.17, 15) is 4.79 Å². The SMILES string of the molecule is CCc1ccc(C)c(NC(=O)Nc2ccccc2)c1. The summed E-state index contributed by atoms with van der Waals surface area (Å²) in [6.45, 7) is 4.08. The molecule has 2 aromatic rings. The van der Waals surface area contributed by atoms with Crippen LogP contribution in [0, 0.1) is 6.92 Å². The van der Waals surface area contributed by atoms with Gasteiger partial charge in [-0.1, -0.05) is 37.3 Å². The van der Waals surface area contributed by atoms with Crippen molar-refractivity contribution in [3.05, 3.63) is 59.7 Å². The minimum atomic E-state index is -0.220. The van der Waals surface area contributed by atoms with Crippen LogP contribution in [0.1, 0.15) is 18.1 Å². The summed E-state index contributed by atoms with van der Waals surface area (Å²) in [6.07, 6.45) is 0.954. The average molecular weight is 254 g/mol. The van der Waals surface area contributed by atoms with Crippen molar-refractivity contribution in [3.8, 4) is 0 Å². The smallest absolute Gasteiger partial charge is 0.308 e. The Balaban J connectivity index is 2.06. The van der Waals surface area contributed by atoms with Crippen LogP contribution in [0.5, 0.6) is 0 Å². The van der Waals surface area contributed by atoms with Crippen molar-refractivity contribution < 1.29 is 4.79 Å². The summed E-state index contributed by atoms with van der Waals surface area (Å²) in [4.78, 5) is 11.9. The first-order valence-electron chi connectivity index (χ1n) is 6.41. The number of anilines is 2. The first kappa shape index (κ1) is 13.1. The quantitative estimate of drug-likeness (QED) is 0.846. The normalized spacial score (nSPS) is 10.0. The molecule has 2 rings (SSSR count). The van der Waals surface area contributed by atoms with Gasteiger partial charge in [-0.15, -0.1) is 0 Å². The topological polar surface area (TPSA) is 41.1 Å². The molecule has 0 spiro atoms. The second-order valence-corrected chi connectivity index (χ2v) is 4.45. The Kier molecular flexibility index (Phi) is 4.18. The third kappa shape index (κ3) is 3.58. The molecule has 3 heteroatoms. The number of carbonyl (C=O) groups is 1. The largest absolute Gasteiger partial charge is 0.323 e. The van der Waals surface area contributed by atoms with Gasteiger partial charge in [-0.2, -0.15) is 0 Å². The number of para-hydroxylation sites is 1. The number of carbonyl (C=O) groups excluding carboxylic acids is 1. The van der Waals surface area contributed by atoms with Gasteiger partial charge in [-0.3, -0.25) is 0 Å². The fourth-order valence-corrected chi connectivity index (χ4v) is 1.83. The Labute approximate surface area is 113 Å². The van der Waals surface area contributed by atoms with Gasteiger partial charge in [0.2, 0.25) is 0 Å². The van der Waals surface area contributed by atoms with Crippen LogP contribution >= 0.6 is 0 Å². The van der Waals surface area contributed by atoms with Crippen molar-refractivity contribution in [1.82, 2.24) is 0 Å². The minimum absolute atomic E-state index is 0.220. The molecule has 0 aliphatic carbocycles. The molecule has 2 aromatic carbocycles. The summed E-state index contributed by atoms with van der Waals surface area (Å²) in [5.74, 6) is 0. The van der Waals surface area contributed by atoms with E-state index in [2.05, 4.69) is 23.6 Å². The Bertz CT molecular complexity index is 564. The number of benzene rings is 2. The Morgan fingerprint density at radius 3 is 2.47 bits per heavy atom. The van der Waals surface area contributed by atoms with E-state index in [-0.39, 0.29) is 6.03 Å². The number of aryl methyl sites for hydroxylation is 2. The van der Waals surface area contributed by atoms with Crippen LogP contribution < -0.4 is 10.6 Å². The second kappa shape index (κ2) is 6.05. The highest BCUT2D eigenvalue weighted by molar-refractivity contribution is 6.00. The van der Waals surface area contributed by atoms with E-state index in [1.54, 1.807) is 0 Å². The van der Waals surface area contributed by atoms with E-state index in [1.807, 2.05) is 49.4 Å². The molecule has 3 nitrogen and oxygen atoms in total. The van der Waals surface area contributed by atoms with Gasteiger partial charge in [0.1, 0.15) is 0 Å². The molecule has 0 aliphatic heterocycles. The Morgan fingerprint density at radius 1 is 1.05 bits per heavy atom. The van der Waals surface area contributed by atoms with Crippen LogP contribution in [0.25, 0.3) is 0 Å². The molecule has 0 aromatic heterocycles. The van der Waals surface area contributed by atoms with E-state index in [0.717, 1.165) is 23.4 Å². The predicted molar refractivity (Wildman–Crippen MR) is 79.6 cm³/mol. The molecule has 19 heavy (non-hydrogen) atoms. The number of nitrogens with one attached hydrogen (secondary N) is 2. The fourth-order valence-electron chi connectivity index (χ4n) is 1.83. The highest BCUT2D eigenvalue weighted by Gasteiger charge is 2.05. The summed E-state index contributed by atoms with van der Waals surface area (Å²) in [5.41, 5.74) is 3.90. The zero-order chi connectivity index (χ0) is 13.7. The molecule has 0 bridgehead atoms. The number of rotatable bonds is 3. The maximum atomic E-state index is 11.9. The first-order chi connectivity index (χ1) is 9.19. The molecule has 98 valence electrons. The second-order valence-electron chi connectivity index (χ2n) is 4.45. The van der Waals surface area contributed by atoms with Gasteiger partial charge in [0.25, 0.3) is 0 Å². The van der Waals surface area contributed by atoms with Crippen molar-refractivity contribution >= 4 is 17.4 Å². The van der Waals surface area contributed by atoms with Gasteiger partial charge < -0.3 is 10.6 Å². The summed E-state index contributed by atoms with van der Waals surface area (Å²) in [5, 5.41) is 5.69. The lowest BCUT2D eigenvalue weighted by molar-refractivity contribution is 0.262. The molecule has 0 unspecified atom stereocenters. The lowest BCUT2D eigenvalue weighted by Crippen LogP contribution is -2.20. The maximum absolute atomic E-state index is 11.9. The van der Waals surface area contributed by atoms with Crippen LogP contribution in [0.4, 0.5) is 16.2 Å². The van der Waals surface area contributed by atoms with E-state index >= 15 is 0 Å². The van der Waals surface area contributed by atoms with Gasteiger partial charge in [0.15, 0.2) is 0 Å². The number of amides is 2. The van der Waals surface area contributed by atoms with Gasteiger partial charge in [-0.05, 0) is 42.7 Å². The van der Waals surface area contributed by atoms with Gasteiger partial charge >= 0.3 is 6.03 Å². The Morgan fingerprint density at radius 2 is 1.79 bits per heavy atom. The molecular formula is C16H18N2O. The number of hydrogen-bond acceptors (Lipinski definition) is 1. The molecule has 0 radical (unpaired) electrons. The first-order valence-corrected chi connectivity index (χ1v) is 6.41. The maximum Gasteiger partial charge on any atom is 0.323 e. The van der Waals surface area contributed by atoms with Gasteiger partial charge in [0.05, 0.1) is 0 Å². The highest BCUT2D eigenvalue weighted by Crippen LogP contribution is 2.17. The average Bonchev–Trinajstić information content (AvgIpc) is 2.42. The van der Waals surface area contributed by atoms with Gasteiger partial charge in [-0.25, -0.2) is 4.79 Å². The summed E-state index contributed by atoms with van der Waals surface area (Å²) in [6, 6.07) is 15.3. The van der Waals surface area contributed by atoms with Gasteiger partial charge in [0, 0.05) is 11.4 Å². The van der Waals surface area contributed by atoms with E-state index in [0.29, 0.717) is 0 Å². The van der Waals surface area contributed by atoms with Crippen LogP contribution in [-0.2, 0) is 6.42 Å². The molecular weight excluding hydrogens is 236 g/mol. The molecule has 0 atom stereocenters. The standard InChI is InChI=1S/C16H18N2O/c1-3-13-10-9-12(2)15(11-13)18-16(19)17-14-7-5-4-6-8-14/h4-11H,3H2,1-2H3,(H2,17,18,19). The molecule has 0 aliphatic rings. The third-order valence-corrected chi connectivity index (χ3v) is 2.99. The number of hydrogen-bond donors (Lipinski definition) is 2. The van der Waals surface area contributed by atoms with E-state index in [4.69, 9.17) is 0 Å². The van der Waals surface area contributed by atoms with Crippen molar-refractivity contribution in [2.24, 2.45) is 0 Å². The van der Waals surface area contributed by atoms with Crippen molar-refractivity contribution in [2.75, 3.05) is 10.6 Å². The van der Waals surface area contributed by atoms with E-state index in [1.165, 1.54) is 5.56 Å². The molecule has 2 amide bonds. The lowest BCUT2D eigenvalue weighted by atomic mass is 10.1. The fraction of sp³-hybridized carbons (Fsp3) is 0.188. The van der Waals surface area contributed by atoms with Crippen LogP contribution in [0.2, 0.25) is 0 Å². The molecule has 0 heterocycles. The molecule has 0 saturated carbocycles. The molecule has 0 saturated heterocycles. The molecule has 0 fully saturated rings. The van der Waals surface area contributed by atoms with Crippen LogP contribution in [0.3, 0.4) is 0 Å². The van der Waals surface area contributed by atoms with Crippen LogP contribution in [0.15, 0.2) is 48.5 Å². The summed E-state index contributed by atoms with van der Waals surface area (Å²) >= 11 is 0. The monoisotopic (exact) mass is 254 g/mol. The molecule has 2 N–H and O–H groups in total. The summed E-state index contributed by atoms with van der Waals surface area (Å²) < 4.78 is 0. The van der Waals surface area contributed by atoms with Crippen molar-refractivity contribution in [3.63, 3.8) is 0 Å². The summed E-state index contributed by atoms with van der Waals surface area (Å²) in [7, 11) is 0. The minimum Gasteiger partial charge on any atom is -0.308 e. The zero-order valence-corrected chi connectivity index (χ0v) is 11.2. The Hall–Kier alpha value is -2.29. The van der Waals surface area contributed by atoms with Crippen molar-refractivity contribution in [2.45, 2.75) is 20.3 Å².